The number of nitrogens with zero attached hydrogens (tertiary/aromatic N) is 5. The van der Waals surface area contributed by atoms with Crippen LogP contribution in [-0.2, 0) is 11.2 Å². The van der Waals surface area contributed by atoms with Gasteiger partial charge in [-0.3, -0.25) is 4.79 Å². The van der Waals surface area contributed by atoms with E-state index in [9.17, 15) is 4.79 Å². The first-order chi connectivity index (χ1) is 11.5. The molecular weight excluding hydrogens is 306 g/mol. The van der Waals surface area contributed by atoms with E-state index in [4.69, 9.17) is 4.52 Å². The van der Waals surface area contributed by atoms with Crippen LogP contribution in [0, 0.1) is 6.92 Å². The van der Waals surface area contributed by atoms with Gasteiger partial charge in [0.25, 0.3) is 0 Å². The predicted molar refractivity (Wildman–Crippen MR) is 92.3 cm³/mol. The summed E-state index contributed by atoms with van der Waals surface area (Å²) in [5.41, 5.74) is 2.05. The molecule has 0 spiro atoms. The van der Waals surface area contributed by atoms with Crippen molar-refractivity contribution in [3.05, 3.63) is 36.0 Å². The van der Waals surface area contributed by atoms with Crippen molar-refractivity contribution in [2.75, 3.05) is 50.1 Å². The van der Waals surface area contributed by atoms with E-state index < -0.39 is 0 Å². The van der Waals surface area contributed by atoms with E-state index in [2.05, 4.69) is 40.1 Å². The highest BCUT2D eigenvalue weighted by atomic mass is 16.5. The van der Waals surface area contributed by atoms with Crippen LogP contribution in [0.4, 0.5) is 11.4 Å². The van der Waals surface area contributed by atoms with E-state index in [0.717, 1.165) is 31.0 Å². The van der Waals surface area contributed by atoms with Crippen LogP contribution in [0.2, 0.25) is 0 Å². The highest BCUT2D eigenvalue weighted by Gasteiger charge is 2.27. The first kappa shape index (κ1) is 16.4. The molecule has 0 saturated carbocycles. The summed E-state index contributed by atoms with van der Waals surface area (Å²) >= 11 is 0. The summed E-state index contributed by atoms with van der Waals surface area (Å²) in [6.45, 7) is 5.13. The smallest absolute Gasteiger partial charge is 0.234 e. The molecule has 2 aromatic rings. The third kappa shape index (κ3) is 3.56. The monoisotopic (exact) mass is 329 g/mol. The molecule has 0 unspecified atom stereocenters. The normalized spacial score (nSPS) is 14.2. The van der Waals surface area contributed by atoms with Gasteiger partial charge < -0.3 is 19.2 Å². The minimum Gasteiger partial charge on any atom is -0.367 e. The van der Waals surface area contributed by atoms with Gasteiger partial charge in [0, 0.05) is 33.1 Å². The first-order valence-electron chi connectivity index (χ1n) is 8.13. The molecule has 0 atom stereocenters. The zero-order chi connectivity index (χ0) is 17.1. The number of hydrogen-bond donors (Lipinski definition) is 0. The minimum absolute atomic E-state index is 0.00416. The van der Waals surface area contributed by atoms with E-state index in [1.165, 1.54) is 0 Å². The minimum atomic E-state index is -0.00416. The molecular formula is C17H23N5O2. The van der Waals surface area contributed by atoms with E-state index in [1.54, 1.807) is 6.92 Å². The number of likely N-dealkylation sites (N-methyl/N-ethyl adjacent to an activating group) is 1. The Morgan fingerprint density at radius 2 is 2.00 bits per heavy atom. The maximum Gasteiger partial charge on any atom is 0.234 e. The molecule has 7 heteroatoms. The van der Waals surface area contributed by atoms with Crippen LogP contribution in [0.5, 0.6) is 0 Å². The summed E-state index contributed by atoms with van der Waals surface area (Å²) in [7, 11) is 4.14. The Morgan fingerprint density at radius 1 is 1.25 bits per heavy atom. The lowest BCUT2D eigenvalue weighted by Gasteiger charge is -2.38. The number of para-hydroxylation sites is 2. The summed E-state index contributed by atoms with van der Waals surface area (Å²) in [6, 6.07) is 8.05. The van der Waals surface area contributed by atoms with Crippen molar-refractivity contribution in [3.63, 3.8) is 0 Å². The summed E-state index contributed by atoms with van der Waals surface area (Å²) in [6.07, 6.45) is 0.156. The maximum atomic E-state index is 12.7. The predicted octanol–water partition coefficient (Wildman–Crippen LogP) is 1.34. The number of fused-ring (bicyclic) bond motifs is 1. The second-order valence-corrected chi connectivity index (χ2v) is 6.23. The SMILES string of the molecule is Cc1nc(CC(=O)N2CCN(CCN(C)C)c3ccccc32)no1. The fraction of sp³-hybridized carbons (Fsp3) is 0.471. The molecule has 0 fully saturated rings. The van der Waals surface area contributed by atoms with E-state index in [0.29, 0.717) is 18.3 Å². The van der Waals surface area contributed by atoms with Crippen molar-refractivity contribution in [1.82, 2.24) is 15.0 Å². The Labute approximate surface area is 141 Å². The van der Waals surface area contributed by atoms with Crippen LogP contribution in [0.1, 0.15) is 11.7 Å². The van der Waals surface area contributed by atoms with Crippen molar-refractivity contribution in [1.29, 1.82) is 0 Å². The van der Waals surface area contributed by atoms with Crippen molar-refractivity contribution < 1.29 is 9.32 Å². The lowest BCUT2D eigenvalue weighted by Crippen LogP contribution is -2.46. The average Bonchev–Trinajstić information content (AvgIpc) is 2.97. The molecule has 0 radical (unpaired) electrons. The quantitative estimate of drug-likeness (QED) is 0.825. The number of carbonyl (C=O) groups excluding carboxylic acids is 1. The van der Waals surface area contributed by atoms with Gasteiger partial charge in [0.1, 0.15) is 0 Å². The molecule has 0 bridgehead atoms. The molecule has 128 valence electrons. The zero-order valence-electron chi connectivity index (χ0n) is 14.4. The Balaban J connectivity index is 1.77. The molecule has 1 aliphatic heterocycles. The van der Waals surface area contributed by atoms with Crippen molar-refractivity contribution in [2.45, 2.75) is 13.3 Å². The summed E-state index contributed by atoms with van der Waals surface area (Å²) < 4.78 is 4.95. The molecule has 1 aromatic heterocycles. The molecule has 1 aromatic carbocycles. The third-order valence-electron chi connectivity index (χ3n) is 4.10. The maximum absolute atomic E-state index is 12.7. The standard InChI is InChI=1S/C17H23N5O2/c1-13-18-16(19-24-13)12-17(23)22-11-10-21(9-8-20(2)3)14-6-4-5-7-15(14)22/h4-7H,8-12H2,1-3H3. The van der Waals surface area contributed by atoms with Gasteiger partial charge in [0.15, 0.2) is 5.82 Å². The Bertz CT molecular complexity index is 713. The van der Waals surface area contributed by atoms with Gasteiger partial charge in [-0.1, -0.05) is 17.3 Å². The lowest BCUT2D eigenvalue weighted by molar-refractivity contribution is -0.118. The molecule has 2 heterocycles. The van der Waals surface area contributed by atoms with E-state index >= 15 is 0 Å². The molecule has 1 amide bonds. The summed E-state index contributed by atoms with van der Waals surface area (Å²) in [5, 5.41) is 3.82. The van der Waals surface area contributed by atoms with Gasteiger partial charge in [-0.2, -0.15) is 4.98 Å². The van der Waals surface area contributed by atoms with Gasteiger partial charge in [-0.25, -0.2) is 0 Å². The molecule has 0 N–H and O–H groups in total. The molecule has 3 rings (SSSR count). The Hall–Kier alpha value is -2.41. The van der Waals surface area contributed by atoms with Gasteiger partial charge >= 0.3 is 0 Å². The fourth-order valence-corrected chi connectivity index (χ4v) is 2.88. The van der Waals surface area contributed by atoms with Crippen molar-refractivity contribution >= 4 is 17.3 Å². The number of amides is 1. The number of rotatable bonds is 5. The topological polar surface area (TPSA) is 65.7 Å². The number of hydrogen-bond acceptors (Lipinski definition) is 6. The lowest BCUT2D eigenvalue weighted by atomic mass is 10.1. The van der Waals surface area contributed by atoms with Crippen LogP contribution in [0.15, 0.2) is 28.8 Å². The molecule has 7 nitrogen and oxygen atoms in total. The third-order valence-corrected chi connectivity index (χ3v) is 4.10. The first-order valence-corrected chi connectivity index (χ1v) is 8.13. The number of anilines is 2. The van der Waals surface area contributed by atoms with Crippen LogP contribution in [0.25, 0.3) is 0 Å². The van der Waals surface area contributed by atoms with Gasteiger partial charge in [-0.15, -0.1) is 0 Å². The van der Waals surface area contributed by atoms with E-state index in [-0.39, 0.29) is 12.3 Å². The van der Waals surface area contributed by atoms with Crippen LogP contribution in [-0.4, -0.2) is 61.2 Å². The second kappa shape index (κ2) is 7.00. The Morgan fingerprint density at radius 3 is 2.67 bits per heavy atom. The van der Waals surface area contributed by atoms with Gasteiger partial charge in [0.2, 0.25) is 11.8 Å². The summed E-state index contributed by atoms with van der Waals surface area (Å²) in [4.78, 5) is 23.1. The highest BCUT2D eigenvalue weighted by molar-refractivity contribution is 5.98. The summed E-state index contributed by atoms with van der Waals surface area (Å²) in [5.74, 6) is 0.909. The number of aryl methyl sites for hydroxylation is 1. The van der Waals surface area contributed by atoms with Crippen LogP contribution >= 0.6 is 0 Å². The van der Waals surface area contributed by atoms with Crippen LogP contribution < -0.4 is 9.80 Å². The number of aromatic nitrogens is 2. The number of carbonyl (C=O) groups is 1. The average molecular weight is 329 g/mol. The molecule has 24 heavy (non-hydrogen) atoms. The molecule has 0 saturated heterocycles. The largest absolute Gasteiger partial charge is 0.367 e. The van der Waals surface area contributed by atoms with Crippen molar-refractivity contribution in [2.24, 2.45) is 0 Å². The van der Waals surface area contributed by atoms with Crippen molar-refractivity contribution in [3.8, 4) is 0 Å². The van der Waals surface area contributed by atoms with Gasteiger partial charge in [-0.05, 0) is 26.2 Å². The van der Waals surface area contributed by atoms with Crippen LogP contribution in [0.3, 0.4) is 0 Å². The zero-order valence-corrected chi connectivity index (χ0v) is 14.4. The van der Waals surface area contributed by atoms with Gasteiger partial charge in [0.05, 0.1) is 17.8 Å². The highest BCUT2D eigenvalue weighted by Crippen LogP contribution is 2.32. The fourth-order valence-electron chi connectivity index (χ4n) is 2.88. The second-order valence-electron chi connectivity index (χ2n) is 6.23. The van der Waals surface area contributed by atoms with E-state index in [1.807, 2.05) is 23.1 Å². The Kier molecular flexibility index (Phi) is 4.80. The number of benzene rings is 1. The molecule has 0 aliphatic carbocycles. The molecule has 1 aliphatic rings.